The summed E-state index contributed by atoms with van der Waals surface area (Å²) in [5, 5.41) is 11.9. The van der Waals surface area contributed by atoms with E-state index in [9.17, 15) is 9.59 Å². The van der Waals surface area contributed by atoms with Crippen LogP contribution >= 0.6 is 24.2 Å². The van der Waals surface area contributed by atoms with Crippen LogP contribution in [0.2, 0.25) is 0 Å². The highest BCUT2D eigenvalue weighted by atomic mass is 32.2. The average Bonchev–Trinajstić information content (AvgIpc) is 2.51. The highest BCUT2D eigenvalue weighted by molar-refractivity contribution is 8.19. The molecule has 0 saturated heterocycles. The second-order valence-electron chi connectivity index (χ2n) is 5.97. The topological polar surface area (TPSA) is 66.4 Å². The van der Waals surface area contributed by atoms with Crippen molar-refractivity contribution in [1.29, 1.82) is 0 Å². The molecule has 0 spiro atoms. The summed E-state index contributed by atoms with van der Waals surface area (Å²) in [6, 6.07) is 6.55. The number of carbonyl (C=O) groups excluding carboxylic acids is 2. The van der Waals surface area contributed by atoms with Gasteiger partial charge in [0.1, 0.15) is 0 Å². The third-order valence-corrected chi connectivity index (χ3v) is 4.54. The van der Waals surface area contributed by atoms with Crippen molar-refractivity contribution >= 4 is 43.1 Å². The van der Waals surface area contributed by atoms with Crippen LogP contribution in [-0.4, -0.2) is 47.6 Å². The van der Waals surface area contributed by atoms with Crippen molar-refractivity contribution in [3.8, 4) is 0 Å². The lowest BCUT2D eigenvalue weighted by atomic mass is 9.98. The van der Waals surface area contributed by atoms with Gasteiger partial charge in [-0.05, 0) is 38.2 Å². The van der Waals surface area contributed by atoms with E-state index in [0.717, 1.165) is 11.6 Å². The van der Waals surface area contributed by atoms with E-state index in [1.54, 1.807) is 24.3 Å². The molecule has 0 aliphatic carbocycles. The number of Topliss-reactive ketones (excluding diaryl/α,β-unsaturated/α-hetero) is 1. The zero-order valence-corrected chi connectivity index (χ0v) is 15.1. The van der Waals surface area contributed by atoms with E-state index in [1.807, 2.05) is 13.8 Å². The highest BCUT2D eigenvalue weighted by Gasteiger charge is 2.21. The summed E-state index contributed by atoms with van der Waals surface area (Å²) in [6.07, 6.45) is 0.468. The molecule has 7 heteroatoms. The molecule has 0 aliphatic heterocycles. The van der Waals surface area contributed by atoms with Gasteiger partial charge in [-0.3, -0.25) is 9.59 Å². The Morgan fingerprint density at radius 1 is 1.30 bits per heavy atom. The Morgan fingerprint density at radius 2 is 1.87 bits per heavy atom. The van der Waals surface area contributed by atoms with Gasteiger partial charge in [-0.25, -0.2) is 11.6 Å². The van der Waals surface area contributed by atoms with Crippen molar-refractivity contribution in [3.05, 3.63) is 35.4 Å². The van der Waals surface area contributed by atoms with E-state index >= 15 is 0 Å². The Balaban J connectivity index is 2.80. The number of amides is 1. The van der Waals surface area contributed by atoms with Crippen molar-refractivity contribution < 1.29 is 14.7 Å². The molecule has 0 bridgehead atoms. The number of nitrogens with one attached hydrogen (secondary N) is 1. The standard InChI is InChI=1S/C16H22BNO3S2/c1-16(2,7-8-19)18-15(21)12-5-3-11(4-6-12)14(20)13(9-22)10-23-17/h3-6,13,19,22H,7-10H2,1-2H3,(H,18,21). The lowest BCUT2D eigenvalue weighted by Gasteiger charge is -2.25. The first-order chi connectivity index (χ1) is 10.8. The van der Waals surface area contributed by atoms with Gasteiger partial charge < -0.3 is 10.4 Å². The molecule has 1 unspecified atom stereocenters. The van der Waals surface area contributed by atoms with Crippen molar-refractivity contribution in [2.24, 2.45) is 5.92 Å². The number of thiol groups is 1. The van der Waals surface area contributed by atoms with Gasteiger partial charge in [0, 0.05) is 34.9 Å². The molecule has 0 fully saturated rings. The van der Waals surface area contributed by atoms with E-state index in [2.05, 4.69) is 17.9 Å². The molecule has 1 atom stereocenters. The molecule has 1 amide bonds. The van der Waals surface area contributed by atoms with Crippen LogP contribution in [0.1, 0.15) is 41.0 Å². The smallest absolute Gasteiger partial charge is 0.251 e. The summed E-state index contributed by atoms with van der Waals surface area (Å²) in [5.74, 6) is 0.452. The molecule has 4 nitrogen and oxygen atoms in total. The summed E-state index contributed by atoms with van der Waals surface area (Å²) < 4.78 is 0. The number of hydrogen-bond donors (Lipinski definition) is 3. The second-order valence-corrected chi connectivity index (χ2v) is 7.00. The molecule has 0 heterocycles. The summed E-state index contributed by atoms with van der Waals surface area (Å²) in [4.78, 5) is 24.5. The van der Waals surface area contributed by atoms with Crippen molar-refractivity contribution in [3.63, 3.8) is 0 Å². The van der Waals surface area contributed by atoms with E-state index in [1.165, 1.54) is 0 Å². The van der Waals surface area contributed by atoms with Crippen LogP contribution in [-0.2, 0) is 0 Å². The molecule has 1 aromatic carbocycles. The van der Waals surface area contributed by atoms with Gasteiger partial charge in [-0.15, -0.1) is 0 Å². The minimum atomic E-state index is -0.490. The van der Waals surface area contributed by atoms with Crippen LogP contribution < -0.4 is 5.32 Å². The normalized spacial score (nSPS) is 12.7. The summed E-state index contributed by atoms with van der Waals surface area (Å²) in [7, 11) is 5.43. The highest BCUT2D eigenvalue weighted by Crippen LogP contribution is 2.16. The SMILES string of the molecule is [B]SCC(CS)C(=O)c1ccc(C(=O)NC(C)(C)CCO)cc1. The largest absolute Gasteiger partial charge is 0.396 e. The Hall–Kier alpha value is -0.915. The molecule has 1 rings (SSSR count). The molecule has 0 saturated carbocycles. The molecule has 23 heavy (non-hydrogen) atoms. The van der Waals surface area contributed by atoms with Gasteiger partial charge in [0.25, 0.3) is 5.91 Å². The van der Waals surface area contributed by atoms with Crippen LogP contribution in [0.3, 0.4) is 0 Å². The zero-order chi connectivity index (χ0) is 17.5. The predicted molar refractivity (Wildman–Crippen MR) is 99.6 cm³/mol. The van der Waals surface area contributed by atoms with E-state index in [0.29, 0.717) is 29.1 Å². The third kappa shape index (κ3) is 6.24. The van der Waals surface area contributed by atoms with Crippen molar-refractivity contribution in [2.45, 2.75) is 25.8 Å². The van der Waals surface area contributed by atoms with Gasteiger partial charge in [0.2, 0.25) is 0 Å². The lowest BCUT2D eigenvalue weighted by Crippen LogP contribution is -2.44. The minimum Gasteiger partial charge on any atom is -0.396 e. The quantitative estimate of drug-likeness (QED) is 0.362. The molecule has 0 aliphatic rings. The fraction of sp³-hybridized carbons (Fsp3) is 0.500. The van der Waals surface area contributed by atoms with Crippen LogP contribution in [0.25, 0.3) is 0 Å². The zero-order valence-electron chi connectivity index (χ0n) is 13.4. The number of hydrogen-bond acceptors (Lipinski definition) is 5. The Labute approximate surface area is 148 Å². The first kappa shape index (κ1) is 20.1. The number of aliphatic hydroxyl groups excluding tert-OH is 1. The van der Waals surface area contributed by atoms with Crippen LogP contribution in [0, 0.1) is 5.92 Å². The van der Waals surface area contributed by atoms with Crippen LogP contribution in [0.15, 0.2) is 24.3 Å². The molecule has 2 radical (unpaired) electrons. The fourth-order valence-corrected chi connectivity index (χ4v) is 3.04. The van der Waals surface area contributed by atoms with E-state index < -0.39 is 5.54 Å². The fourth-order valence-electron chi connectivity index (χ4n) is 2.07. The maximum atomic E-state index is 12.3. The summed E-state index contributed by atoms with van der Waals surface area (Å²) >= 11 is 5.31. The molecular weight excluding hydrogens is 329 g/mol. The maximum absolute atomic E-state index is 12.3. The molecule has 0 aromatic heterocycles. The Morgan fingerprint density at radius 3 is 2.35 bits per heavy atom. The van der Waals surface area contributed by atoms with E-state index in [-0.39, 0.29) is 24.2 Å². The summed E-state index contributed by atoms with van der Waals surface area (Å²) in [6.45, 7) is 3.70. The third-order valence-electron chi connectivity index (χ3n) is 3.51. The van der Waals surface area contributed by atoms with Crippen LogP contribution in [0.4, 0.5) is 0 Å². The Bertz CT molecular complexity index is 535. The summed E-state index contributed by atoms with van der Waals surface area (Å²) in [5.41, 5.74) is 0.531. The molecular formula is C16H22BNO3S2. The first-order valence-corrected chi connectivity index (χ1v) is 9.03. The Kier molecular flexibility index (Phi) is 8.22. The number of ketones is 1. The van der Waals surface area contributed by atoms with Crippen LogP contribution in [0.5, 0.6) is 0 Å². The minimum absolute atomic E-state index is 0.00495. The molecule has 124 valence electrons. The number of rotatable bonds is 9. The van der Waals surface area contributed by atoms with Crippen molar-refractivity contribution in [1.82, 2.24) is 5.32 Å². The first-order valence-electron chi connectivity index (χ1n) is 7.35. The number of aliphatic hydroxyl groups is 1. The van der Waals surface area contributed by atoms with Gasteiger partial charge in [-0.2, -0.15) is 12.6 Å². The lowest BCUT2D eigenvalue weighted by molar-refractivity contribution is 0.0896. The van der Waals surface area contributed by atoms with Crippen molar-refractivity contribution in [2.75, 3.05) is 18.1 Å². The predicted octanol–water partition coefficient (Wildman–Crippen LogP) is 2.12. The average molecular weight is 351 g/mol. The van der Waals surface area contributed by atoms with Gasteiger partial charge in [-0.1, -0.05) is 12.1 Å². The maximum Gasteiger partial charge on any atom is 0.251 e. The van der Waals surface area contributed by atoms with Gasteiger partial charge >= 0.3 is 0 Å². The molecule has 2 N–H and O–H groups in total. The second kappa shape index (κ2) is 9.40. The number of carbonyl (C=O) groups is 2. The monoisotopic (exact) mass is 351 g/mol. The van der Waals surface area contributed by atoms with Gasteiger partial charge in [0.05, 0.1) is 0 Å². The number of benzene rings is 1. The van der Waals surface area contributed by atoms with E-state index in [4.69, 9.17) is 12.2 Å². The van der Waals surface area contributed by atoms with Gasteiger partial charge in [0.15, 0.2) is 12.9 Å². The molecule has 1 aromatic rings.